The summed E-state index contributed by atoms with van der Waals surface area (Å²) in [5, 5.41) is 34.3. The number of allylic oxidation sites excluding steroid dienone is 4. The molecule has 0 radical (unpaired) electrons. The van der Waals surface area contributed by atoms with Crippen molar-refractivity contribution in [1.82, 2.24) is 0 Å². The predicted octanol–water partition coefficient (Wildman–Crippen LogP) is 2.65. The quantitative estimate of drug-likeness (QED) is 0.597. The Balaban J connectivity index is 0.000000300. The van der Waals surface area contributed by atoms with Crippen molar-refractivity contribution in [2.24, 2.45) is 21.5 Å². The van der Waals surface area contributed by atoms with Crippen LogP contribution in [0.2, 0.25) is 0 Å². The van der Waals surface area contributed by atoms with Crippen LogP contribution in [-0.2, 0) is 0 Å². The van der Waals surface area contributed by atoms with Gasteiger partial charge in [0.2, 0.25) is 0 Å². The van der Waals surface area contributed by atoms with Crippen LogP contribution in [0, 0.1) is 45.3 Å². The second kappa shape index (κ2) is 13.1. The average Bonchev–Trinajstić information content (AvgIpc) is 2.81. The van der Waals surface area contributed by atoms with E-state index in [9.17, 15) is 0 Å². The largest absolute Gasteiger partial charge is 0.388 e. The average molecular weight is 392 g/mol. The Hall–Kier alpha value is -5.18. The Morgan fingerprint density at radius 3 is 1.20 bits per heavy atom. The summed E-state index contributed by atoms with van der Waals surface area (Å²) in [6.45, 7) is 0. The van der Waals surface area contributed by atoms with E-state index in [1.165, 1.54) is 12.4 Å². The summed E-state index contributed by atoms with van der Waals surface area (Å²) < 4.78 is 0. The smallest absolute Gasteiger partial charge is 0.174 e. The molecule has 0 saturated carbocycles. The molecule has 30 heavy (non-hydrogen) atoms. The molecule has 0 fully saturated rings. The van der Waals surface area contributed by atoms with E-state index in [4.69, 9.17) is 32.5 Å². The number of benzene rings is 2. The standard InChI is InChI=1S/2C11H8N4/c2*12-6-10(14)11(7-13)15-8-9-4-2-1-3-5-9/h2*1-5,8H,14H2/b2*11-10-,15-8?. The van der Waals surface area contributed by atoms with Crippen LogP contribution < -0.4 is 11.5 Å². The second-order valence-electron chi connectivity index (χ2n) is 5.31. The predicted molar refractivity (Wildman–Crippen MR) is 113 cm³/mol. The molecule has 0 bridgehead atoms. The molecule has 0 heterocycles. The number of hydrogen-bond donors (Lipinski definition) is 2. The molecule has 0 atom stereocenters. The van der Waals surface area contributed by atoms with Gasteiger partial charge in [-0.2, -0.15) is 21.0 Å². The first-order chi connectivity index (χ1) is 14.5. The Labute approximate surface area is 174 Å². The first-order valence-corrected chi connectivity index (χ1v) is 8.33. The minimum Gasteiger partial charge on any atom is -0.388 e. The van der Waals surface area contributed by atoms with Crippen LogP contribution in [0.4, 0.5) is 0 Å². The topological polar surface area (TPSA) is 172 Å². The highest BCUT2D eigenvalue weighted by molar-refractivity contribution is 5.81. The van der Waals surface area contributed by atoms with E-state index in [2.05, 4.69) is 9.98 Å². The molecule has 144 valence electrons. The second-order valence-corrected chi connectivity index (χ2v) is 5.31. The maximum Gasteiger partial charge on any atom is 0.174 e. The maximum atomic E-state index is 8.65. The van der Waals surface area contributed by atoms with E-state index in [0.717, 1.165) is 11.1 Å². The highest BCUT2D eigenvalue weighted by Gasteiger charge is 1.98. The minimum absolute atomic E-state index is 0.0682. The summed E-state index contributed by atoms with van der Waals surface area (Å²) >= 11 is 0. The van der Waals surface area contributed by atoms with E-state index < -0.39 is 0 Å². The minimum atomic E-state index is -0.176. The van der Waals surface area contributed by atoms with Gasteiger partial charge < -0.3 is 11.5 Å². The Bertz CT molecular complexity index is 1040. The molecule has 2 aromatic carbocycles. The highest BCUT2D eigenvalue weighted by Crippen LogP contribution is 2.01. The van der Waals surface area contributed by atoms with Crippen LogP contribution in [0.15, 0.2) is 93.4 Å². The number of aliphatic imine (C=N–C) groups is 2. The van der Waals surface area contributed by atoms with Crippen molar-refractivity contribution in [2.45, 2.75) is 0 Å². The molecule has 0 spiro atoms. The molecule has 4 N–H and O–H groups in total. The van der Waals surface area contributed by atoms with Gasteiger partial charge in [0.15, 0.2) is 11.4 Å². The van der Waals surface area contributed by atoms with Crippen LogP contribution in [0.5, 0.6) is 0 Å². The van der Waals surface area contributed by atoms with Crippen molar-refractivity contribution in [1.29, 1.82) is 21.0 Å². The van der Waals surface area contributed by atoms with Crippen LogP contribution in [0.3, 0.4) is 0 Å². The van der Waals surface area contributed by atoms with Crippen molar-refractivity contribution in [3.8, 4) is 24.3 Å². The molecule has 0 aliphatic rings. The zero-order valence-electron chi connectivity index (χ0n) is 15.8. The summed E-state index contributed by atoms with van der Waals surface area (Å²) in [7, 11) is 0. The number of rotatable bonds is 4. The zero-order valence-corrected chi connectivity index (χ0v) is 15.8. The van der Waals surface area contributed by atoms with E-state index in [1.54, 1.807) is 24.3 Å². The van der Waals surface area contributed by atoms with Crippen molar-refractivity contribution in [3.63, 3.8) is 0 Å². The summed E-state index contributed by atoms with van der Waals surface area (Å²) in [4.78, 5) is 7.66. The van der Waals surface area contributed by atoms with E-state index in [-0.39, 0.29) is 22.8 Å². The third-order valence-corrected chi connectivity index (χ3v) is 3.25. The third-order valence-electron chi connectivity index (χ3n) is 3.25. The zero-order chi connectivity index (χ0) is 22.2. The van der Waals surface area contributed by atoms with E-state index in [1.807, 2.05) is 60.7 Å². The first kappa shape index (κ1) is 22.9. The molecule has 8 nitrogen and oxygen atoms in total. The van der Waals surface area contributed by atoms with Crippen molar-refractivity contribution in [2.75, 3.05) is 0 Å². The van der Waals surface area contributed by atoms with Gasteiger partial charge in [-0.3, -0.25) is 0 Å². The van der Waals surface area contributed by atoms with Gasteiger partial charge in [0, 0.05) is 12.4 Å². The van der Waals surface area contributed by atoms with Gasteiger partial charge >= 0.3 is 0 Å². The highest BCUT2D eigenvalue weighted by atomic mass is 14.8. The van der Waals surface area contributed by atoms with Crippen molar-refractivity contribution in [3.05, 3.63) is 94.6 Å². The third kappa shape index (κ3) is 8.01. The first-order valence-electron chi connectivity index (χ1n) is 8.33. The lowest BCUT2D eigenvalue weighted by molar-refractivity contribution is 1.27. The number of nitriles is 4. The van der Waals surface area contributed by atoms with Gasteiger partial charge in [0.1, 0.15) is 35.7 Å². The summed E-state index contributed by atoms with van der Waals surface area (Å²) in [5.74, 6) is 0. The van der Waals surface area contributed by atoms with Crippen molar-refractivity contribution < 1.29 is 0 Å². The van der Waals surface area contributed by atoms with Crippen LogP contribution in [0.25, 0.3) is 0 Å². The SMILES string of the molecule is N#C/C(N)=C(\C#N)N=Cc1ccccc1.N#C/C(N)=C(\C#N)N=Cc1ccccc1. The van der Waals surface area contributed by atoms with Crippen LogP contribution in [0.1, 0.15) is 11.1 Å². The summed E-state index contributed by atoms with van der Waals surface area (Å²) in [6.07, 6.45) is 2.98. The fraction of sp³-hybridized carbons (Fsp3) is 0. The molecule has 8 heteroatoms. The molecule has 0 saturated heterocycles. The Morgan fingerprint density at radius 1 is 0.600 bits per heavy atom. The monoisotopic (exact) mass is 392 g/mol. The summed E-state index contributed by atoms with van der Waals surface area (Å²) in [5.41, 5.74) is 11.7. The summed E-state index contributed by atoms with van der Waals surface area (Å²) in [6, 6.07) is 25.4. The van der Waals surface area contributed by atoms with Crippen molar-refractivity contribution >= 4 is 12.4 Å². The number of hydrogen-bond acceptors (Lipinski definition) is 8. The van der Waals surface area contributed by atoms with Crippen LogP contribution >= 0.6 is 0 Å². The molecule has 0 aliphatic heterocycles. The van der Waals surface area contributed by atoms with E-state index in [0.29, 0.717) is 0 Å². The fourth-order valence-corrected chi connectivity index (χ4v) is 1.78. The Kier molecular flexibility index (Phi) is 9.95. The van der Waals surface area contributed by atoms with Gasteiger partial charge in [0.05, 0.1) is 0 Å². The molecule has 2 rings (SSSR count). The normalized spacial score (nSPS) is 11.6. The van der Waals surface area contributed by atoms with Crippen LogP contribution in [-0.4, -0.2) is 12.4 Å². The molecule has 2 aromatic rings. The Morgan fingerprint density at radius 2 is 0.933 bits per heavy atom. The van der Waals surface area contributed by atoms with Gasteiger partial charge in [-0.05, 0) is 11.1 Å². The van der Waals surface area contributed by atoms with Gasteiger partial charge in [-0.1, -0.05) is 60.7 Å². The molecule has 0 amide bonds. The number of nitrogens with two attached hydrogens (primary N) is 2. The lowest BCUT2D eigenvalue weighted by atomic mass is 10.2. The molecule has 0 aliphatic carbocycles. The molecular weight excluding hydrogens is 376 g/mol. The fourth-order valence-electron chi connectivity index (χ4n) is 1.78. The van der Waals surface area contributed by atoms with Gasteiger partial charge in [-0.15, -0.1) is 0 Å². The molecule has 0 aromatic heterocycles. The molecule has 0 unspecified atom stereocenters. The lowest BCUT2D eigenvalue weighted by Crippen LogP contribution is -1.97. The van der Waals surface area contributed by atoms with E-state index >= 15 is 0 Å². The van der Waals surface area contributed by atoms with Gasteiger partial charge in [0.25, 0.3) is 0 Å². The van der Waals surface area contributed by atoms with Gasteiger partial charge in [-0.25, -0.2) is 9.98 Å². The molecular formula is C22H16N8. The maximum absolute atomic E-state index is 8.65. The number of nitrogens with zero attached hydrogens (tertiary/aromatic N) is 6. The lowest BCUT2D eigenvalue weighted by Gasteiger charge is -1.91.